The Labute approximate surface area is 130 Å². The van der Waals surface area contributed by atoms with Crippen LogP contribution in [0.2, 0.25) is 0 Å². The van der Waals surface area contributed by atoms with Gasteiger partial charge in [-0.25, -0.2) is 4.79 Å². The van der Waals surface area contributed by atoms with E-state index < -0.39 is 5.97 Å². The second kappa shape index (κ2) is 6.26. The maximum Gasteiger partial charge on any atom is 0.339 e. The summed E-state index contributed by atoms with van der Waals surface area (Å²) in [7, 11) is 0. The predicted molar refractivity (Wildman–Crippen MR) is 82.5 cm³/mol. The summed E-state index contributed by atoms with van der Waals surface area (Å²) < 4.78 is 11.6. The third-order valence-electron chi connectivity index (χ3n) is 4.81. The Morgan fingerprint density at radius 3 is 2.91 bits per heavy atom. The van der Waals surface area contributed by atoms with E-state index in [1.54, 1.807) is 24.3 Å². The van der Waals surface area contributed by atoms with Crippen LogP contribution in [-0.2, 0) is 4.74 Å². The molecule has 5 nitrogen and oxygen atoms in total. The Morgan fingerprint density at radius 1 is 1.45 bits per heavy atom. The largest absolute Gasteiger partial charge is 0.491 e. The Morgan fingerprint density at radius 2 is 2.23 bits per heavy atom. The highest BCUT2D eigenvalue weighted by Crippen LogP contribution is 2.40. The first-order chi connectivity index (χ1) is 10.6. The van der Waals surface area contributed by atoms with Crippen molar-refractivity contribution in [3.8, 4) is 5.75 Å². The predicted octanol–water partition coefficient (Wildman–Crippen LogP) is 2.41. The van der Waals surface area contributed by atoms with Crippen LogP contribution in [0.5, 0.6) is 5.75 Å². The zero-order valence-electron chi connectivity index (χ0n) is 13.0. The molecular weight excluding hydrogens is 282 g/mol. The molecule has 1 aliphatic carbocycles. The summed E-state index contributed by atoms with van der Waals surface area (Å²) in [5.74, 6) is -0.509. The number of hydrogen-bond donors (Lipinski definition) is 1. The number of carbonyl (C=O) groups is 1. The van der Waals surface area contributed by atoms with Crippen LogP contribution in [0.3, 0.4) is 0 Å². The fourth-order valence-corrected chi connectivity index (χ4v) is 3.35. The van der Waals surface area contributed by atoms with Crippen molar-refractivity contribution in [3.05, 3.63) is 29.8 Å². The molecule has 0 radical (unpaired) electrons. The summed E-state index contributed by atoms with van der Waals surface area (Å²) in [6.07, 6.45) is 3.88. The van der Waals surface area contributed by atoms with E-state index in [0.29, 0.717) is 12.4 Å². The molecule has 1 saturated heterocycles. The van der Waals surface area contributed by atoms with Gasteiger partial charge < -0.3 is 14.6 Å². The Bertz CT molecular complexity index is 541. The van der Waals surface area contributed by atoms with E-state index >= 15 is 0 Å². The number of carboxylic acid groups (broad SMARTS) is 1. The fourth-order valence-electron chi connectivity index (χ4n) is 3.35. The SMILES string of the molecule is CC1CN(CCOc2ccccc2C(=O)O)C2(CCC2)CO1. The number of benzene rings is 1. The topological polar surface area (TPSA) is 59.0 Å². The highest BCUT2D eigenvalue weighted by atomic mass is 16.5. The van der Waals surface area contributed by atoms with E-state index in [9.17, 15) is 9.90 Å². The quantitative estimate of drug-likeness (QED) is 0.905. The fraction of sp³-hybridized carbons (Fsp3) is 0.588. The van der Waals surface area contributed by atoms with E-state index in [2.05, 4.69) is 11.8 Å². The molecule has 3 rings (SSSR count). The standard InChI is InChI=1S/C17H23NO4/c1-13-11-18(17(12-22-13)7-4-8-17)9-10-21-15-6-3-2-5-14(15)16(19)20/h2-3,5-6,13H,4,7-12H2,1H3,(H,19,20). The molecule has 1 saturated carbocycles. The zero-order chi connectivity index (χ0) is 15.6. The van der Waals surface area contributed by atoms with E-state index in [-0.39, 0.29) is 17.2 Å². The van der Waals surface area contributed by atoms with E-state index in [0.717, 1.165) is 19.7 Å². The average Bonchev–Trinajstić information content (AvgIpc) is 2.46. The second-order valence-corrected chi connectivity index (χ2v) is 6.30. The molecule has 0 amide bonds. The summed E-state index contributed by atoms with van der Waals surface area (Å²) >= 11 is 0. The molecule has 120 valence electrons. The smallest absolute Gasteiger partial charge is 0.339 e. The van der Waals surface area contributed by atoms with Gasteiger partial charge in [0.1, 0.15) is 17.9 Å². The molecule has 2 fully saturated rings. The van der Waals surface area contributed by atoms with Crippen LogP contribution in [0, 0.1) is 0 Å². The molecule has 1 N–H and O–H groups in total. The summed E-state index contributed by atoms with van der Waals surface area (Å²) in [4.78, 5) is 13.6. The van der Waals surface area contributed by atoms with Crippen LogP contribution in [-0.4, -0.2) is 53.9 Å². The van der Waals surface area contributed by atoms with Gasteiger partial charge in [-0.2, -0.15) is 0 Å². The van der Waals surface area contributed by atoms with E-state index in [4.69, 9.17) is 9.47 Å². The van der Waals surface area contributed by atoms with E-state index in [1.165, 1.54) is 19.3 Å². The Balaban J connectivity index is 1.59. The number of aromatic carboxylic acids is 1. The lowest BCUT2D eigenvalue weighted by Gasteiger charge is -2.54. The van der Waals surface area contributed by atoms with Crippen molar-refractivity contribution in [2.75, 3.05) is 26.3 Å². The monoisotopic (exact) mass is 305 g/mol. The van der Waals surface area contributed by atoms with Gasteiger partial charge in [0.2, 0.25) is 0 Å². The number of rotatable bonds is 5. The number of morpholine rings is 1. The summed E-state index contributed by atoms with van der Waals surface area (Å²) in [6, 6.07) is 6.79. The zero-order valence-corrected chi connectivity index (χ0v) is 13.0. The molecule has 1 aromatic rings. The van der Waals surface area contributed by atoms with Gasteiger partial charge in [-0.05, 0) is 38.3 Å². The van der Waals surface area contributed by atoms with Crippen LogP contribution < -0.4 is 4.74 Å². The molecule has 1 spiro atoms. The van der Waals surface area contributed by atoms with Gasteiger partial charge >= 0.3 is 5.97 Å². The lowest BCUT2D eigenvalue weighted by atomic mass is 9.75. The van der Waals surface area contributed by atoms with Crippen LogP contribution in [0.1, 0.15) is 36.5 Å². The number of ether oxygens (including phenoxy) is 2. The third kappa shape index (κ3) is 2.96. The Kier molecular flexibility index (Phi) is 4.36. The first-order valence-electron chi connectivity index (χ1n) is 7.92. The maximum atomic E-state index is 11.2. The first-order valence-corrected chi connectivity index (χ1v) is 7.92. The lowest BCUT2D eigenvalue weighted by molar-refractivity contribution is -0.139. The van der Waals surface area contributed by atoms with Crippen LogP contribution >= 0.6 is 0 Å². The molecule has 0 bridgehead atoms. The van der Waals surface area contributed by atoms with Crippen LogP contribution in [0.25, 0.3) is 0 Å². The van der Waals surface area contributed by atoms with Crippen molar-refractivity contribution in [2.45, 2.75) is 37.8 Å². The Hall–Kier alpha value is -1.59. The van der Waals surface area contributed by atoms with Crippen LogP contribution in [0.4, 0.5) is 0 Å². The molecule has 1 heterocycles. The molecule has 1 aliphatic heterocycles. The van der Waals surface area contributed by atoms with Gasteiger partial charge in [0.25, 0.3) is 0 Å². The first kappa shape index (κ1) is 15.3. The highest BCUT2D eigenvalue weighted by Gasteiger charge is 2.45. The van der Waals surface area contributed by atoms with Gasteiger partial charge in [0.15, 0.2) is 0 Å². The van der Waals surface area contributed by atoms with Crippen molar-refractivity contribution in [3.63, 3.8) is 0 Å². The second-order valence-electron chi connectivity index (χ2n) is 6.30. The van der Waals surface area contributed by atoms with Gasteiger partial charge in [-0.1, -0.05) is 12.1 Å². The van der Waals surface area contributed by atoms with Crippen molar-refractivity contribution in [1.82, 2.24) is 4.90 Å². The molecule has 22 heavy (non-hydrogen) atoms. The van der Waals surface area contributed by atoms with Gasteiger partial charge in [-0.15, -0.1) is 0 Å². The van der Waals surface area contributed by atoms with E-state index in [1.807, 2.05) is 0 Å². The molecule has 2 aliphatic rings. The van der Waals surface area contributed by atoms with Crippen molar-refractivity contribution < 1.29 is 19.4 Å². The van der Waals surface area contributed by atoms with Crippen LogP contribution in [0.15, 0.2) is 24.3 Å². The number of hydrogen-bond acceptors (Lipinski definition) is 4. The highest BCUT2D eigenvalue weighted by molar-refractivity contribution is 5.90. The van der Waals surface area contributed by atoms with Crippen molar-refractivity contribution >= 4 is 5.97 Å². The minimum atomic E-state index is -0.953. The summed E-state index contributed by atoms with van der Waals surface area (Å²) in [5.41, 5.74) is 0.415. The minimum absolute atomic E-state index is 0.197. The minimum Gasteiger partial charge on any atom is -0.491 e. The summed E-state index contributed by atoms with van der Waals surface area (Å²) in [6.45, 7) is 5.13. The van der Waals surface area contributed by atoms with Gasteiger partial charge in [0, 0.05) is 18.6 Å². The van der Waals surface area contributed by atoms with Crippen molar-refractivity contribution in [2.24, 2.45) is 0 Å². The number of nitrogens with zero attached hydrogens (tertiary/aromatic N) is 1. The molecule has 5 heteroatoms. The normalized spacial score (nSPS) is 24.0. The average molecular weight is 305 g/mol. The number of para-hydroxylation sites is 1. The molecule has 1 unspecified atom stereocenters. The van der Waals surface area contributed by atoms with Gasteiger partial charge in [0.05, 0.1) is 12.7 Å². The van der Waals surface area contributed by atoms with Gasteiger partial charge in [-0.3, -0.25) is 4.90 Å². The van der Waals surface area contributed by atoms with Crippen molar-refractivity contribution in [1.29, 1.82) is 0 Å². The number of carboxylic acids is 1. The summed E-state index contributed by atoms with van der Waals surface area (Å²) in [5, 5.41) is 9.17. The molecule has 1 atom stereocenters. The molecular formula is C17H23NO4. The lowest BCUT2D eigenvalue weighted by Crippen LogP contribution is -2.63. The third-order valence-corrected chi connectivity index (χ3v) is 4.81. The molecule has 0 aromatic heterocycles. The molecule has 1 aromatic carbocycles. The maximum absolute atomic E-state index is 11.2.